The molecule has 0 spiro atoms. The van der Waals surface area contributed by atoms with E-state index in [9.17, 15) is 15.0 Å². The normalized spacial score (nSPS) is 24.3. The van der Waals surface area contributed by atoms with Crippen molar-refractivity contribution in [3.63, 3.8) is 0 Å². The lowest BCUT2D eigenvalue weighted by Crippen LogP contribution is -2.29. The van der Waals surface area contributed by atoms with E-state index < -0.39 is 12.2 Å². The van der Waals surface area contributed by atoms with Crippen molar-refractivity contribution < 1.29 is 15.0 Å². The lowest BCUT2D eigenvalue weighted by molar-refractivity contribution is 0.0572. The number of hydrogen-bond donors (Lipinski definition) is 2. The standard InChI is InChI=1S/C10H15N3O3S/c1-2-3-6-9(17-12-11-6)10(16)13-4-7(14)8(15)5-13/h7-8,14-15H,2-5H2,1H3/t7-,8+. The minimum atomic E-state index is -0.852. The number of β-amino-alcohol motifs (C(OH)–C–C–N with tert-alkyl or cyclic N) is 2. The molecule has 0 bridgehead atoms. The average molecular weight is 257 g/mol. The van der Waals surface area contributed by atoms with Gasteiger partial charge in [0.2, 0.25) is 0 Å². The van der Waals surface area contributed by atoms with Crippen LogP contribution < -0.4 is 0 Å². The van der Waals surface area contributed by atoms with Crippen LogP contribution in [0.2, 0.25) is 0 Å². The monoisotopic (exact) mass is 257 g/mol. The van der Waals surface area contributed by atoms with Crippen LogP contribution in [-0.2, 0) is 6.42 Å². The van der Waals surface area contributed by atoms with Crippen molar-refractivity contribution in [2.75, 3.05) is 13.1 Å². The van der Waals surface area contributed by atoms with Crippen LogP contribution in [0, 0.1) is 0 Å². The van der Waals surface area contributed by atoms with Crippen molar-refractivity contribution in [3.8, 4) is 0 Å². The molecule has 0 radical (unpaired) electrons. The van der Waals surface area contributed by atoms with Crippen LogP contribution in [-0.4, -0.2) is 55.9 Å². The molecule has 0 aliphatic carbocycles. The molecule has 7 heteroatoms. The Kier molecular flexibility index (Phi) is 3.70. The molecule has 1 fully saturated rings. The first-order chi connectivity index (χ1) is 8.13. The number of rotatable bonds is 3. The number of aliphatic hydroxyl groups is 2. The maximum absolute atomic E-state index is 12.1. The van der Waals surface area contributed by atoms with Gasteiger partial charge in [-0.25, -0.2) is 0 Å². The van der Waals surface area contributed by atoms with Crippen LogP contribution in [0.4, 0.5) is 0 Å². The third-order valence-corrected chi connectivity index (χ3v) is 3.54. The Morgan fingerprint density at radius 3 is 2.71 bits per heavy atom. The summed E-state index contributed by atoms with van der Waals surface area (Å²) in [6.07, 6.45) is -0.0862. The Balaban J connectivity index is 2.12. The van der Waals surface area contributed by atoms with Gasteiger partial charge in [-0.3, -0.25) is 4.79 Å². The number of amides is 1. The first-order valence-electron chi connectivity index (χ1n) is 5.60. The lowest BCUT2D eigenvalue weighted by Gasteiger charge is -2.14. The molecule has 2 N–H and O–H groups in total. The van der Waals surface area contributed by atoms with Gasteiger partial charge in [0.05, 0.1) is 17.9 Å². The van der Waals surface area contributed by atoms with Crippen LogP contribution in [0.15, 0.2) is 0 Å². The number of aryl methyl sites for hydroxylation is 1. The van der Waals surface area contributed by atoms with Crippen LogP contribution in [0.1, 0.15) is 28.7 Å². The zero-order valence-corrected chi connectivity index (χ0v) is 10.4. The Bertz CT molecular complexity index is 399. The zero-order chi connectivity index (χ0) is 12.4. The van der Waals surface area contributed by atoms with Gasteiger partial charge in [-0.1, -0.05) is 17.8 Å². The SMILES string of the molecule is CCCc1nnsc1C(=O)N1C[C@@H](O)[C@@H](O)C1. The molecule has 17 heavy (non-hydrogen) atoms. The predicted octanol–water partition coefficient (Wildman–Crippen LogP) is -0.332. The summed E-state index contributed by atoms with van der Waals surface area (Å²) in [5, 5.41) is 22.8. The van der Waals surface area contributed by atoms with Gasteiger partial charge in [0.15, 0.2) is 0 Å². The Morgan fingerprint density at radius 1 is 1.47 bits per heavy atom. The van der Waals surface area contributed by atoms with E-state index >= 15 is 0 Å². The van der Waals surface area contributed by atoms with Gasteiger partial charge in [0.1, 0.15) is 4.88 Å². The number of carbonyl (C=O) groups is 1. The molecule has 6 nitrogen and oxygen atoms in total. The molecule has 1 aromatic heterocycles. The Morgan fingerprint density at radius 2 is 2.12 bits per heavy atom. The van der Waals surface area contributed by atoms with Crippen LogP contribution in [0.25, 0.3) is 0 Å². The number of aromatic nitrogens is 2. The van der Waals surface area contributed by atoms with E-state index in [0.717, 1.165) is 24.4 Å². The summed E-state index contributed by atoms with van der Waals surface area (Å²) in [5.41, 5.74) is 0.707. The number of nitrogens with zero attached hydrogens (tertiary/aromatic N) is 3. The largest absolute Gasteiger partial charge is 0.388 e. The van der Waals surface area contributed by atoms with Crippen molar-refractivity contribution >= 4 is 17.4 Å². The van der Waals surface area contributed by atoms with Gasteiger partial charge in [-0.2, -0.15) is 0 Å². The van der Waals surface area contributed by atoms with E-state index in [4.69, 9.17) is 0 Å². The summed E-state index contributed by atoms with van der Waals surface area (Å²) in [5.74, 6) is -0.195. The van der Waals surface area contributed by atoms with Gasteiger partial charge >= 0.3 is 0 Å². The third-order valence-electron chi connectivity index (χ3n) is 2.78. The predicted molar refractivity (Wildman–Crippen MR) is 61.8 cm³/mol. The Labute approximate surface area is 103 Å². The smallest absolute Gasteiger partial charge is 0.267 e. The van der Waals surface area contributed by atoms with Crippen LogP contribution in [0.3, 0.4) is 0 Å². The summed E-state index contributed by atoms with van der Waals surface area (Å²) in [6.45, 7) is 2.35. The molecule has 0 saturated carbocycles. The average Bonchev–Trinajstić information content (AvgIpc) is 2.87. The molecule has 0 unspecified atom stereocenters. The van der Waals surface area contributed by atoms with Crippen molar-refractivity contribution in [1.82, 2.24) is 14.5 Å². The number of aliphatic hydroxyl groups excluding tert-OH is 2. The van der Waals surface area contributed by atoms with Gasteiger partial charge in [-0.15, -0.1) is 5.10 Å². The van der Waals surface area contributed by atoms with Crippen molar-refractivity contribution in [2.45, 2.75) is 32.0 Å². The van der Waals surface area contributed by atoms with Crippen molar-refractivity contribution in [1.29, 1.82) is 0 Å². The maximum atomic E-state index is 12.1. The highest BCUT2D eigenvalue weighted by molar-refractivity contribution is 7.08. The molecule has 1 aliphatic rings. The van der Waals surface area contributed by atoms with E-state index in [-0.39, 0.29) is 19.0 Å². The molecule has 2 heterocycles. The van der Waals surface area contributed by atoms with Crippen molar-refractivity contribution in [3.05, 3.63) is 10.6 Å². The number of hydrogen-bond acceptors (Lipinski definition) is 6. The number of carbonyl (C=O) groups excluding carboxylic acids is 1. The van der Waals surface area contributed by atoms with Crippen molar-refractivity contribution in [2.24, 2.45) is 0 Å². The summed E-state index contributed by atoms with van der Waals surface area (Å²) in [4.78, 5) is 14.1. The second kappa shape index (κ2) is 5.07. The third kappa shape index (κ3) is 2.46. The van der Waals surface area contributed by atoms with E-state index in [2.05, 4.69) is 9.59 Å². The molecule has 0 aromatic carbocycles. The molecular formula is C10H15N3O3S. The molecule has 94 valence electrons. The zero-order valence-electron chi connectivity index (χ0n) is 9.54. The first kappa shape index (κ1) is 12.4. The fraction of sp³-hybridized carbons (Fsp3) is 0.700. The second-order valence-corrected chi connectivity index (χ2v) is 4.90. The topological polar surface area (TPSA) is 86.6 Å². The fourth-order valence-corrected chi connectivity index (χ4v) is 2.53. The maximum Gasteiger partial charge on any atom is 0.267 e. The van der Waals surface area contributed by atoms with Crippen LogP contribution >= 0.6 is 11.5 Å². The van der Waals surface area contributed by atoms with Crippen LogP contribution in [0.5, 0.6) is 0 Å². The van der Waals surface area contributed by atoms with Gasteiger partial charge in [0, 0.05) is 13.1 Å². The summed E-state index contributed by atoms with van der Waals surface area (Å²) < 4.78 is 3.79. The van der Waals surface area contributed by atoms with Gasteiger partial charge in [-0.05, 0) is 18.0 Å². The van der Waals surface area contributed by atoms with E-state index in [0.29, 0.717) is 10.6 Å². The summed E-state index contributed by atoms with van der Waals surface area (Å²) >= 11 is 1.07. The molecule has 2 rings (SSSR count). The molecule has 1 aliphatic heterocycles. The molecule has 1 saturated heterocycles. The van der Waals surface area contributed by atoms with Gasteiger partial charge in [0.25, 0.3) is 5.91 Å². The Hall–Kier alpha value is -1.05. The summed E-state index contributed by atoms with van der Waals surface area (Å²) in [7, 11) is 0. The molecule has 2 atom stereocenters. The second-order valence-electron chi connectivity index (χ2n) is 4.14. The highest BCUT2D eigenvalue weighted by Crippen LogP contribution is 2.19. The van der Waals surface area contributed by atoms with E-state index in [1.807, 2.05) is 6.92 Å². The fourth-order valence-electron chi connectivity index (χ4n) is 1.85. The molecule has 1 aromatic rings. The minimum absolute atomic E-state index is 0.170. The van der Waals surface area contributed by atoms with E-state index in [1.165, 1.54) is 4.90 Å². The minimum Gasteiger partial charge on any atom is -0.388 e. The quantitative estimate of drug-likeness (QED) is 0.774. The van der Waals surface area contributed by atoms with E-state index in [1.54, 1.807) is 0 Å². The number of likely N-dealkylation sites (tertiary alicyclic amines) is 1. The lowest BCUT2D eigenvalue weighted by atomic mass is 10.2. The molecular weight excluding hydrogens is 242 g/mol. The highest BCUT2D eigenvalue weighted by Gasteiger charge is 2.34. The highest BCUT2D eigenvalue weighted by atomic mass is 32.1. The summed E-state index contributed by atoms with van der Waals surface area (Å²) in [6, 6.07) is 0. The first-order valence-corrected chi connectivity index (χ1v) is 6.37. The molecule has 1 amide bonds. The van der Waals surface area contributed by atoms with Gasteiger partial charge < -0.3 is 15.1 Å².